The van der Waals surface area contributed by atoms with Gasteiger partial charge >= 0.3 is 0 Å². The van der Waals surface area contributed by atoms with Crippen LogP contribution in [0.2, 0.25) is 0 Å². The van der Waals surface area contributed by atoms with Crippen LogP contribution in [0.25, 0.3) is 0 Å². The van der Waals surface area contributed by atoms with Gasteiger partial charge < -0.3 is 0 Å². The Morgan fingerprint density at radius 3 is 1.85 bits per heavy atom. The molecular weight excluding hydrogens is 384 g/mol. The molecule has 2 aromatic carbocycles. The Morgan fingerprint density at radius 2 is 1.41 bits per heavy atom. The van der Waals surface area contributed by atoms with Gasteiger partial charge in [0.2, 0.25) is 20.0 Å². The third kappa shape index (κ3) is 5.62. The number of rotatable bonds is 8. The first-order valence-corrected chi connectivity index (χ1v) is 11.8. The van der Waals surface area contributed by atoms with Gasteiger partial charge in [-0.15, -0.1) is 0 Å². The van der Waals surface area contributed by atoms with Crippen molar-refractivity contribution in [3.8, 4) is 0 Å². The van der Waals surface area contributed by atoms with Gasteiger partial charge in [-0.2, -0.15) is 0 Å². The van der Waals surface area contributed by atoms with Gasteiger partial charge in [-0.05, 0) is 47.7 Å². The highest BCUT2D eigenvalue weighted by Gasteiger charge is 2.24. The molecule has 0 aromatic heterocycles. The predicted molar refractivity (Wildman–Crippen MR) is 106 cm³/mol. The van der Waals surface area contributed by atoms with Crippen LogP contribution in [-0.4, -0.2) is 16.8 Å². The maximum atomic E-state index is 12.8. The highest BCUT2D eigenvalue weighted by molar-refractivity contribution is 7.89. The van der Waals surface area contributed by atoms with Crippen molar-refractivity contribution in [2.45, 2.75) is 49.4 Å². The molecule has 3 N–H and O–H groups in total. The Bertz CT molecular complexity index is 965. The number of nitrogens with two attached hydrogens (primary N) is 1. The molecule has 0 saturated heterocycles. The summed E-state index contributed by atoms with van der Waals surface area (Å²) in [6, 6.07) is 12.4. The van der Waals surface area contributed by atoms with Crippen LogP contribution >= 0.6 is 0 Å². The molecule has 0 bridgehead atoms. The number of nitrogens with one attached hydrogen (secondary N) is 1. The van der Waals surface area contributed by atoms with Crippen molar-refractivity contribution in [3.05, 3.63) is 59.7 Å². The van der Waals surface area contributed by atoms with Crippen LogP contribution in [0.4, 0.5) is 0 Å². The van der Waals surface area contributed by atoms with Crippen LogP contribution in [0.3, 0.4) is 0 Å². The molecule has 1 unspecified atom stereocenters. The summed E-state index contributed by atoms with van der Waals surface area (Å²) in [5.74, 6) is 0.0282. The Balaban J connectivity index is 2.29. The van der Waals surface area contributed by atoms with E-state index in [0.717, 1.165) is 18.4 Å². The normalized spacial score (nSPS) is 13.7. The topological polar surface area (TPSA) is 106 Å². The van der Waals surface area contributed by atoms with Crippen LogP contribution in [0.5, 0.6) is 0 Å². The molecule has 1 atom stereocenters. The third-order valence-electron chi connectivity index (χ3n) is 4.29. The number of primary sulfonamides is 1. The van der Waals surface area contributed by atoms with Crippen molar-refractivity contribution in [2.24, 2.45) is 11.1 Å². The summed E-state index contributed by atoms with van der Waals surface area (Å²) < 4.78 is 50.9. The average molecular weight is 411 g/mol. The van der Waals surface area contributed by atoms with E-state index in [0.29, 0.717) is 0 Å². The second-order valence-corrected chi connectivity index (χ2v) is 10.1. The average Bonchev–Trinajstić information content (AvgIpc) is 2.60. The molecule has 0 aliphatic carbocycles. The summed E-state index contributed by atoms with van der Waals surface area (Å²) in [5, 5.41) is 5.05. The Kier molecular flexibility index (Phi) is 6.80. The van der Waals surface area contributed by atoms with Gasteiger partial charge in [-0.3, -0.25) is 0 Å². The Labute approximate surface area is 161 Å². The van der Waals surface area contributed by atoms with Crippen LogP contribution in [0, 0.1) is 5.92 Å². The molecule has 0 heterocycles. The molecular formula is C19H26N2O4S2. The standard InChI is InChI=1S/C19H26N2O4S2/c1-4-5-15-6-8-16(9-7-15)19(14(2)3)21-27(24,25)18-12-10-17(11-13-18)26(20,22)23/h6-14,19,21H,4-5H2,1-3H3,(H2,20,22,23). The minimum atomic E-state index is -3.87. The smallest absolute Gasteiger partial charge is 0.225 e. The maximum absolute atomic E-state index is 12.8. The van der Waals surface area contributed by atoms with Gasteiger partial charge in [0.25, 0.3) is 0 Å². The lowest BCUT2D eigenvalue weighted by Gasteiger charge is -2.23. The number of sulfonamides is 2. The summed E-state index contributed by atoms with van der Waals surface area (Å²) in [4.78, 5) is -0.142. The number of benzene rings is 2. The minimum Gasteiger partial charge on any atom is -0.225 e. The van der Waals surface area contributed by atoms with Crippen LogP contribution < -0.4 is 9.86 Å². The van der Waals surface area contributed by atoms with Crippen molar-refractivity contribution in [1.29, 1.82) is 0 Å². The fourth-order valence-corrected chi connectivity index (χ4v) is 4.70. The largest absolute Gasteiger partial charge is 0.241 e. The number of hydrogen-bond acceptors (Lipinski definition) is 4. The first-order chi connectivity index (χ1) is 12.5. The quantitative estimate of drug-likeness (QED) is 0.698. The van der Waals surface area contributed by atoms with E-state index in [2.05, 4.69) is 11.6 Å². The lowest BCUT2D eigenvalue weighted by atomic mass is 9.95. The van der Waals surface area contributed by atoms with E-state index in [1.807, 2.05) is 38.1 Å². The molecule has 8 heteroatoms. The second-order valence-electron chi connectivity index (χ2n) is 6.85. The fourth-order valence-electron chi connectivity index (χ4n) is 2.81. The zero-order valence-electron chi connectivity index (χ0n) is 15.7. The molecule has 0 aliphatic rings. The molecule has 0 saturated carbocycles. The molecule has 0 spiro atoms. The maximum Gasteiger partial charge on any atom is 0.241 e. The molecule has 0 radical (unpaired) electrons. The van der Waals surface area contributed by atoms with E-state index >= 15 is 0 Å². The van der Waals surface area contributed by atoms with E-state index in [1.54, 1.807) is 0 Å². The number of aryl methyl sites for hydroxylation is 1. The molecule has 148 valence electrons. The molecule has 0 amide bonds. The lowest BCUT2D eigenvalue weighted by Crippen LogP contribution is -2.31. The minimum absolute atomic E-state index is 0.0110. The first kappa shape index (κ1) is 21.6. The van der Waals surface area contributed by atoms with E-state index < -0.39 is 26.1 Å². The van der Waals surface area contributed by atoms with Gasteiger partial charge in [0.1, 0.15) is 0 Å². The molecule has 0 aliphatic heterocycles. The first-order valence-electron chi connectivity index (χ1n) is 8.78. The van der Waals surface area contributed by atoms with Gasteiger partial charge in [0, 0.05) is 6.04 Å². The monoisotopic (exact) mass is 410 g/mol. The van der Waals surface area contributed by atoms with Crippen molar-refractivity contribution >= 4 is 20.0 Å². The second kappa shape index (κ2) is 8.52. The lowest BCUT2D eigenvalue weighted by molar-refractivity contribution is 0.463. The van der Waals surface area contributed by atoms with Crippen LogP contribution in [-0.2, 0) is 26.5 Å². The summed E-state index contributed by atoms with van der Waals surface area (Å²) in [6.07, 6.45) is 2.03. The predicted octanol–water partition coefficient (Wildman–Crippen LogP) is 2.96. The van der Waals surface area contributed by atoms with Crippen molar-refractivity contribution in [2.75, 3.05) is 0 Å². The van der Waals surface area contributed by atoms with Gasteiger partial charge in [-0.1, -0.05) is 51.5 Å². The summed E-state index contributed by atoms with van der Waals surface area (Å²) in [6.45, 7) is 5.99. The fraction of sp³-hybridized carbons (Fsp3) is 0.368. The third-order valence-corrected chi connectivity index (χ3v) is 6.68. The summed E-state index contributed by atoms with van der Waals surface area (Å²) in [7, 11) is -7.69. The zero-order valence-corrected chi connectivity index (χ0v) is 17.3. The molecule has 2 aromatic rings. The Morgan fingerprint density at radius 1 is 0.889 bits per heavy atom. The van der Waals surface area contributed by atoms with E-state index in [-0.39, 0.29) is 15.7 Å². The van der Waals surface area contributed by atoms with Crippen LogP contribution in [0.15, 0.2) is 58.3 Å². The zero-order chi connectivity index (χ0) is 20.2. The van der Waals surface area contributed by atoms with Gasteiger partial charge in [-0.25, -0.2) is 26.7 Å². The number of hydrogen-bond donors (Lipinski definition) is 2. The molecule has 27 heavy (non-hydrogen) atoms. The van der Waals surface area contributed by atoms with Crippen molar-refractivity contribution < 1.29 is 16.8 Å². The van der Waals surface area contributed by atoms with Gasteiger partial charge in [0.15, 0.2) is 0 Å². The molecule has 0 fully saturated rings. The van der Waals surface area contributed by atoms with E-state index in [9.17, 15) is 16.8 Å². The summed E-state index contributed by atoms with van der Waals surface area (Å²) in [5.41, 5.74) is 2.10. The van der Waals surface area contributed by atoms with Gasteiger partial charge in [0.05, 0.1) is 9.79 Å². The highest BCUT2D eigenvalue weighted by atomic mass is 32.2. The van der Waals surface area contributed by atoms with Crippen LogP contribution in [0.1, 0.15) is 44.4 Å². The van der Waals surface area contributed by atoms with E-state index in [4.69, 9.17) is 5.14 Å². The van der Waals surface area contributed by atoms with E-state index in [1.165, 1.54) is 29.8 Å². The summed E-state index contributed by atoms with van der Waals surface area (Å²) >= 11 is 0. The SMILES string of the molecule is CCCc1ccc(C(NS(=O)(=O)c2ccc(S(N)(=O)=O)cc2)C(C)C)cc1. The Hall–Kier alpha value is -1.74. The molecule has 6 nitrogen and oxygen atoms in total. The highest BCUT2D eigenvalue weighted by Crippen LogP contribution is 2.25. The van der Waals surface area contributed by atoms with Crippen molar-refractivity contribution in [3.63, 3.8) is 0 Å². The van der Waals surface area contributed by atoms with Crippen molar-refractivity contribution in [1.82, 2.24) is 4.72 Å². The molecule has 2 rings (SSSR count).